The zero-order valence-corrected chi connectivity index (χ0v) is 15.6. The summed E-state index contributed by atoms with van der Waals surface area (Å²) < 4.78 is 5.48. The molecule has 2 aromatic rings. The fourth-order valence-electron chi connectivity index (χ4n) is 3.85. The number of benzene rings is 1. The minimum atomic E-state index is -0.279. The Morgan fingerprint density at radius 2 is 1.88 bits per heavy atom. The number of aryl methyl sites for hydroxylation is 2. The first-order valence-electron chi connectivity index (χ1n) is 9.27. The summed E-state index contributed by atoms with van der Waals surface area (Å²) in [7, 11) is 0. The van der Waals surface area contributed by atoms with Crippen molar-refractivity contribution in [2.75, 3.05) is 19.7 Å². The van der Waals surface area contributed by atoms with E-state index in [4.69, 9.17) is 4.42 Å². The third kappa shape index (κ3) is 4.50. The lowest BCUT2D eigenvalue weighted by atomic mass is 9.95. The monoisotopic (exact) mass is 343 g/mol. The molecule has 1 aromatic heterocycles. The molecule has 1 heterocycles. The Labute approximate surface area is 149 Å². The van der Waals surface area contributed by atoms with Gasteiger partial charge in [-0.1, -0.05) is 20.8 Å². The largest absolute Gasteiger partial charge is 0.423 e. The first kappa shape index (κ1) is 18.2. The van der Waals surface area contributed by atoms with Crippen LogP contribution in [-0.2, 0) is 19.4 Å². The fraction of sp³-hybridized carbons (Fsp3) is 0.571. The van der Waals surface area contributed by atoms with E-state index in [1.807, 2.05) is 0 Å². The minimum Gasteiger partial charge on any atom is -0.423 e. The van der Waals surface area contributed by atoms with Crippen LogP contribution in [0.25, 0.3) is 11.0 Å². The second kappa shape index (κ2) is 7.30. The summed E-state index contributed by atoms with van der Waals surface area (Å²) in [5.74, 6) is 0. The first-order chi connectivity index (χ1) is 11.9. The molecule has 0 radical (unpaired) electrons. The van der Waals surface area contributed by atoms with Gasteiger partial charge in [0.1, 0.15) is 5.58 Å². The summed E-state index contributed by atoms with van der Waals surface area (Å²) in [6.45, 7) is 9.26. The van der Waals surface area contributed by atoms with Gasteiger partial charge in [0, 0.05) is 37.7 Å². The Kier molecular flexibility index (Phi) is 5.30. The summed E-state index contributed by atoms with van der Waals surface area (Å²) in [5, 5.41) is 10.3. The molecular weight excluding hydrogens is 314 g/mol. The van der Waals surface area contributed by atoms with Gasteiger partial charge in [0.2, 0.25) is 0 Å². The molecule has 0 atom stereocenters. The van der Waals surface area contributed by atoms with E-state index in [-0.39, 0.29) is 17.6 Å². The van der Waals surface area contributed by atoms with Crippen LogP contribution in [0.5, 0.6) is 0 Å². The average molecular weight is 343 g/mol. The predicted molar refractivity (Wildman–Crippen MR) is 101 cm³/mol. The van der Waals surface area contributed by atoms with E-state index in [2.05, 4.69) is 37.8 Å². The van der Waals surface area contributed by atoms with Crippen molar-refractivity contribution in [3.8, 4) is 0 Å². The van der Waals surface area contributed by atoms with Crippen LogP contribution in [0.1, 0.15) is 50.3 Å². The SMILES string of the molecule is CC(C)(C)CN(CCCO)Cc1cc(=O)oc2cc3c(cc12)CCC3. The Hall–Kier alpha value is -1.65. The molecule has 136 valence electrons. The van der Waals surface area contributed by atoms with Gasteiger partial charge in [0.15, 0.2) is 0 Å². The van der Waals surface area contributed by atoms with E-state index in [9.17, 15) is 9.90 Å². The first-order valence-corrected chi connectivity index (χ1v) is 9.27. The van der Waals surface area contributed by atoms with E-state index in [0.717, 1.165) is 43.3 Å². The molecule has 1 aromatic carbocycles. The molecule has 0 amide bonds. The molecule has 0 aliphatic heterocycles. The summed E-state index contributed by atoms with van der Waals surface area (Å²) in [4.78, 5) is 14.4. The molecule has 4 heteroatoms. The van der Waals surface area contributed by atoms with Gasteiger partial charge in [-0.3, -0.25) is 4.90 Å². The fourth-order valence-corrected chi connectivity index (χ4v) is 3.85. The highest BCUT2D eigenvalue weighted by atomic mass is 16.4. The van der Waals surface area contributed by atoms with E-state index in [1.165, 1.54) is 17.5 Å². The summed E-state index contributed by atoms with van der Waals surface area (Å²) >= 11 is 0. The number of rotatable bonds is 6. The number of aliphatic hydroxyl groups is 1. The van der Waals surface area contributed by atoms with E-state index < -0.39 is 0 Å². The van der Waals surface area contributed by atoms with Crippen molar-refractivity contribution in [1.29, 1.82) is 0 Å². The lowest BCUT2D eigenvalue weighted by Crippen LogP contribution is -2.33. The molecular formula is C21H29NO3. The van der Waals surface area contributed by atoms with Gasteiger partial charge in [0.05, 0.1) is 0 Å². The van der Waals surface area contributed by atoms with E-state index in [0.29, 0.717) is 12.1 Å². The maximum absolute atomic E-state index is 12.1. The van der Waals surface area contributed by atoms with Gasteiger partial charge < -0.3 is 9.52 Å². The number of aliphatic hydroxyl groups excluding tert-OH is 1. The Bertz CT molecular complexity index is 801. The van der Waals surface area contributed by atoms with Crippen molar-refractivity contribution >= 4 is 11.0 Å². The molecule has 25 heavy (non-hydrogen) atoms. The number of nitrogens with zero attached hydrogens (tertiary/aromatic N) is 1. The molecule has 0 unspecified atom stereocenters. The van der Waals surface area contributed by atoms with Crippen molar-refractivity contribution in [2.45, 2.75) is 53.0 Å². The van der Waals surface area contributed by atoms with Crippen LogP contribution < -0.4 is 5.63 Å². The second-order valence-electron chi connectivity index (χ2n) is 8.41. The molecule has 3 rings (SSSR count). The van der Waals surface area contributed by atoms with E-state index in [1.54, 1.807) is 6.07 Å². The highest BCUT2D eigenvalue weighted by Crippen LogP contribution is 2.29. The second-order valence-corrected chi connectivity index (χ2v) is 8.41. The van der Waals surface area contributed by atoms with Crippen LogP contribution >= 0.6 is 0 Å². The van der Waals surface area contributed by atoms with Gasteiger partial charge in [-0.05, 0) is 59.9 Å². The molecule has 1 aliphatic rings. The Morgan fingerprint density at radius 3 is 2.56 bits per heavy atom. The van der Waals surface area contributed by atoms with Crippen molar-refractivity contribution < 1.29 is 9.52 Å². The third-order valence-electron chi connectivity index (χ3n) is 4.77. The van der Waals surface area contributed by atoms with E-state index >= 15 is 0 Å². The standard InChI is InChI=1S/C21H29NO3/c1-21(2,3)14-22(8-5-9-23)13-17-12-20(24)25-19-11-16-7-4-6-15(16)10-18(17)19/h10-12,23H,4-9,13-14H2,1-3H3. The topological polar surface area (TPSA) is 53.7 Å². The predicted octanol–water partition coefficient (Wildman–Crippen LogP) is 3.51. The van der Waals surface area contributed by atoms with Gasteiger partial charge >= 0.3 is 5.63 Å². The zero-order valence-electron chi connectivity index (χ0n) is 15.6. The number of fused-ring (bicyclic) bond motifs is 2. The lowest BCUT2D eigenvalue weighted by molar-refractivity contribution is 0.166. The average Bonchev–Trinajstić information content (AvgIpc) is 2.96. The summed E-state index contributed by atoms with van der Waals surface area (Å²) in [5.41, 5.74) is 4.33. The van der Waals surface area contributed by atoms with Crippen molar-refractivity contribution in [2.24, 2.45) is 5.41 Å². The molecule has 4 nitrogen and oxygen atoms in total. The smallest absolute Gasteiger partial charge is 0.336 e. The minimum absolute atomic E-state index is 0.159. The number of hydrogen-bond donors (Lipinski definition) is 1. The van der Waals surface area contributed by atoms with Crippen LogP contribution in [0.3, 0.4) is 0 Å². The maximum atomic E-state index is 12.1. The zero-order chi connectivity index (χ0) is 18.0. The van der Waals surface area contributed by atoms with Crippen LogP contribution in [0.4, 0.5) is 0 Å². The summed E-state index contributed by atoms with van der Waals surface area (Å²) in [6.07, 6.45) is 4.11. The van der Waals surface area contributed by atoms with Gasteiger partial charge in [-0.25, -0.2) is 4.79 Å². The molecule has 0 saturated heterocycles. The molecule has 0 saturated carbocycles. The van der Waals surface area contributed by atoms with Gasteiger partial charge in [0.25, 0.3) is 0 Å². The van der Waals surface area contributed by atoms with Crippen LogP contribution in [0, 0.1) is 5.41 Å². The quantitative estimate of drug-likeness (QED) is 0.816. The third-order valence-corrected chi connectivity index (χ3v) is 4.77. The van der Waals surface area contributed by atoms with Crippen molar-refractivity contribution in [1.82, 2.24) is 4.90 Å². The van der Waals surface area contributed by atoms with Crippen molar-refractivity contribution in [3.05, 3.63) is 45.3 Å². The molecule has 1 aliphatic carbocycles. The highest BCUT2D eigenvalue weighted by molar-refractivity contribution is 5.82. The molecule has 0 bridgehead atoms. The Morgan fingerprint density at radius 1 is 1.16 bits per heavy atom. The normalized spacial score (nSPS) is 14.4. The number of hydrogen-bond acceptors (Lipinski definition) is 4. The van der Waals surface area contributed by atoms with Gasteiger partial charge in [-0.15, -0.1) is 0 Å². The lowest BCUT2D eigenvalue weighted by Gasteiger charge is -2.30. The van der Waals surface area contributed by atoms with Crippen LogP contribution in [0.15, 0.2) is 27.4 Å². The molecule has 0 fully saturated rings. The van der Waals surface area contributed by atoms with Crippen LogP contribution in [0.2, 0.25) is 0 Å². The highest BCUT2D eigenvalue weighted by Gasteiger charge is 2.19. The van der Waals surface area contributed by atoms with Crippen LogP contribution in [-0.4, -0.2) is 29.7 Å². The van der Waals surface area contributed by atoms with Gasteiger partial charge in [-0.2, -0.15) is 0 Å². The maximum Gasteiger partial charge on any atom is 0.336 e. The summed E-state index contributed by atoms with van der Waals surface area (Å²) in [6, 6.07) is 5.92. The van der Waals surface area contributed by atoms with Crippen molar-refractivity contribution in [3.63, 3.8) is 0 Å². The Balaban J connectivity index is 1.96. The molecule has 1 N–H and O–H groups in total. The molecule has 0 spiro atoms.